The van der Waals surface area contributed by atoms with Crippen LogP contribution in [0.15, 0.2) is 30.3 Å². The molecular formula is C20H26N4O2. The van der Waals surface area contributed by atoms with Crippen LogP contribution in [0.4, 0.5) is 10.5 Å². The first-order valence-electron chi connectivity index (χ1n) is 9.48. The zero-order valence-corrected chi connectivity index (χ0v) is 15.3. The van der Waals surface area contributed by atoms with Crippen LogP contribution in [0.5, 0.6) is 5.88 Å². The van der Waals surface area contributed by atoms with Crippen LogP contribution in [-0.4, -0.2) is 60.1 Å². The van der Waals surface area contributed by atoms with Gasteiger partial charge in [0.2, 0.25) is 5.88 Å². The molecule has 0 spiro atoms. The number of hydrogen-bond donors (Lipinski definition) is 1. The molecule has 2 amide bonds. The molecule has 2 aliphatic rings. The first-order chi connectivity index (χ1) is 12.7. The number of anilines is 1. The molecule has 0 aliphatic carbocycles. The van der Waals surface area contributed by atoms with Crippen LogP contribution < -0.4 is 10.1 Å². The number of methoxy groups -OCH3 is 1. The van der Waals surface area contributed by atoms with Crippen LogP contribution in [0.1, 0.15) is 25.7 Å². The van der Waals surface area contributed by atoms with E-state index in [1.54, 1.807) is 7.11 Å². The number of carbonyl (C=O) groups excluding carboxylic acids is 1. The number of ether oxygens (including phenoxy) is 1. The largest absolute Gasteiger partial charge is 0.481 e. The number of carbonyl (C=O) groups is 1. The number of amides is 2. The molecule has 1 aromatic heterocycles. The maximum atomic E-state index is 12.8. The lowest BCUT2D eigenvalue weighted by atomic mass is 10.2. The van der Waals surface area contributed by atoms with Gasteiger partial charge < -0.3 is 19.9 Å². The highest BCUT2D eigenvalue weighted by Crippen LogP contribution is 2.24. The van der Waals surface area contributed by atoms with Crippen LogP contribution in [0.25, 0.3) is 10.9 Å². The van der Waals surface area contributed by atoms with Crippen molar-refractivity contribution in [2.45, 2.75) is 31.7 Å². The zero-order chi connectivity index (χ0) is 17.9. The van der Waals surface area contributed by atoms with Gasteiger partial charge in [0.25, 0.3) is 0 Å². The van der Waals surface area contributed by atoms with Crippen molar-refractivity contribution in [3.8, 4) is 5.88 Å². The minimum absolute atomic E-state index is 0.00696. The van der Waals surface area contributed by atoms with E-state index < -0.39 is 0 Å². The van der Waals surface area contributed by atoms with Gasteiger partial charge in [-0.3, -0.25) is 0 Å². The Morgan fingerprint density at radius 1 is 1.19 bits per heavy atom. The van der Waals surface area contributed by atoms with Crippen LogP contribution in [0.2, 0.25) is 0 Å². The molecule has 3 heterocycles. The van der Waals surface area contributed by atoms with Crippen molar-refractivity contribution in [1.82, 2.24) is 14.8 Å². The molecule has 26 heavy (non-hydrogen) atoms. The van der Waals surface area contributed by atoms with E-state index in [-0.39, 0.29) is 6.03 Å². The predicted molar refractivity (Wildman–Crippen MR) is 103 cm³/mol. The molecule has 2 saturated heterocycles. The predicted octanol–water partition coefficient (Wildman–Crippen LogP) is 3.34. The Morgan fingerprint density at radius 2 is 2.04 bits per heavy atom. The second-order valence-corrected chi connectivity index (χ2v) is 7.19. The van der Waals surface area contributed by atoms with Gasteiger partial charge in [-0.05, 0) is 63.0 Å². The molecule has 2 aliphatic heterocycles. The minimum Gasteiger partial charge on any atom is -0.481 e. The number of pyridine rings is 1. The number of hydrogen-bond acceptors (Lipinski definition) is 4. The number of nitrogens with zero attached hydrogens (tertiary/aromatic N) is 3. The molecule has 0 bridgehead atoms. The van der Waals surface area contributed by atoms with Gasteiger partial charge in [-0.15, -0.1) is 0 Å². The van der Waals surface area contributed by atoms with E-state index in [1.165, 1.54) is 25.9 Å². The first kappa shape index (κ1) is 17.1. The average molecular weight is 354 g/mol. The zero-order valence-electron chi connectivity index (χ0n) is 15.3. The van der Waals surface area contributed by atoms with Crippen molar-refractivity contribution in [3.63, 3.8) is 0 Å². The Balaban J connectivity index is 1.44. The third kappa shape index (κ3) is 3.60. The summed E-state index contributed by atoms with van der Waals surface area (Å²) in [6.45, 7) is 4.20. The number of nitrogens with one attached hydrogen (secondary N) is 1. The lowest BCUT2D eigenvalue weighted by Gasteiger charge is -2.28. The molecule has 2 fully saturated rings. The fraction of sp³-hybridized carbons (Fsp3) is 0.500. The second kappa shape index (κ2) is 7.50. The van der Waals surface area contributed by atoms with Crippen molar-refractivity contribution in [1.29, 1.82) is 0 Å². The Bertz CT molecular complexity index is 788. The number of benzene rings is 1. The number of fused-ring (bicyclic) bond motifs is 1. The Morgan fingerprint density at radius 3 is 2.85 bits per heavy atom. The van der Waals surface area contributed by atoms with Crippen molar-refractivity contribution in [2.75, 3.05) is 38.6 Å². The van der Waals surface area contributed by atoms with Crippen LogP contribution in [-0.2, 0) is 0 Å². The van der Waals surface area contributed by atoms with Crippen molar-refractivity contribution < 1.29 is 9.53 Å². The highest BCUT2D eigenvalue weighted by Gasteiger charge is 2.30. The summed E-state index contributed by atoms with van der Waals surface area (Å²) in [7, 11) is 1.61. The molecule has 1 unspecified atom stereocenters. The number of rotatable bonds is 4. The smallest absolute Gasteiger partial charge is 0.322 e. The summed E-state index contributed by atoms with van der Waals surface area (Å²) >= 11 is 0. The SMILES string of the molecule is COc1ccc2cc(NC(=O)N3CCCC3CN3CCCC3)ccc2n1. The summed E-state index contributed by atoms with van der Waals surface area (Å²) in [5.41, 5.74) is 1.66. The molecule has 2 aromatic rings. The standard InChI is InChI=1S/C20H26N4O2/c1-26-19-9-6-15-13-16(7-8-18(15)22-19)21-20(25)24-12-4-5-17(24)14-23-10-2-3-11-23/h6-9,13,17H,2-5,10-12,14H2,1H3,(H,21,25). The molecule has 1 aromatic carbocycles. The molecule has 1 N–H and O–H groups in total. The number of urea groups is 1. The topological polar surface area (TPSA) is 57.7 Å². The summed E-state index contributed by atoms with van der Waals surface area (Å²) < 4.78 is 5.16. The highest BCUT2D eigenvalue weighted by molar-refractivity contribution is 5.93. The van der Waals surface area contributed by atoms with Gasteiger partial charge in [-0.25, -0.2) is 9.78 Å². The summed E-state index contributed by atoms with van der Waals surface area (Å²) in [4.78, 5) is 21.7. The fourth-order valence-electron chi connectivity index (χ4n) is 4.05. The van der Waals surface area contributed by atoms with Crippen LogP contribution in [0.3, 0.4) is 0 Å². The summed E-state index contributed by atoms with van der Waals surface area (Å²) in [5, 5.41) is 4.05. The Kier molecular flexibility index (Phi) is 4.93. The van der Waals surface area contributed by atoms with Crippen molar-refractivity contribution >= 4 is 22.6 Å². The first-order valence-corrected chi connectivity index (χ1v) is 9.48. The number of likely N-dealkylation sites (tertiary alicyclic amines) is 2. The normalized spacial score (nSPS) is 20.7. The molecular weight excluding hydrogens is 328 g/mol. The van der Waals surface area contributed by atoms with E-state index in [2.05, 4.69) is 15.2 Å². The van der Waals surface area contributed by atoms with E-state index in [0.29, 0.717) is 11.9 Å². The summed E-state index contributed by atoms with van der Waals surface area (Å²) in [6, 6.07) is 9.92. The molecule has 4 rings (SSSR count). The fourth-order valence-corrected chi connectivity index (χ4v) is 4.05. The Hall–Kier alpha value is -2.34. The molecule has 138 valence electrons. The van der Waals surface area contributed by atoms with E-state index >= 15 is 0 Å². The molecule has 6 heteroatoms. The Labute approximate surface area is 154 Å². The highest BCUT2D eigenvalue weighted by atomic mass is 16.5. The maximum absolute atomic E-state index is 12.8. The van der Waals surface area contributed by atoms with Crippen molar-refractivity contribution in [3.05, 3.63) is 30.3 Å². The van der Waals surface area contributed by atoms with E-state index in [0.717, 1.165) is 42.5 Å². The van der Waals surface area contributed by atoms with Gasteiger partial charge in [-0.2, -0.15) is 0 Å². The van der Waals surface area contributed by atoms with Crippen LogP contribution >= 0.6 is 0 Å². The van der Waals surface area contributed by atoms with E-state index in [9.17, 15) is 4.79 Å². The monoisotopic (exact) mass is 354 g/mol. The summed E-state index contributed by atoms with van der Waals surface area (Å²) in [6.07, 6.45) is 4.77. The second-order valence-electron chi connectivity index (χ2n) is 7.19. The van der Waals surface area contributed by atoms with Gasteiger partial charge in [0.1, 0.15) is 0 Å². The van der Waals surface area contributed by atoms with E-state index in [1.807, 2.05) is 35.2 Å². The summed E-state index contributed by atoms with van der Waals surface area (Å²) in [5.74, 6) is 0.594. The van der Waals surface area contributed by atoms with Gasteiger partial charge in [-0.1, -0.05) is 0 Å². The lowest BCUT2D eigenvalue weighted by molar-refractivity contribution is 0.186. The quantitative estimate of drug-likeness (QED) is 0.915. The third-order valence-corrected chi connectivity index (χ3v) is 5.43. The van der Waals surface area contributed by atoms with Gasteiger partial charge in [0.05, 0.1) is 12.6 Å². The van der Waals surface area contributed by atoms with Gasteiger partial charge in [0, 0.05) is 36.3 Å². The van der Waals surface area contributed by atoms with Gasteiger partial charge in [0.15, 0.2) is 0 Å². The van der Waals surface area contributed by atoms with Crippen LogP contribution in [0, 0.1) is 0 Å². The molecule has 0 radical (unpaired) electrons. The lowest BCUT2D eigenvalue weighted by Crippen LogP contribution is -2.44. The van der Waals surface area contributed by atoms with Crippen molar-refractivity contribution in [2.24, 2.45) is 0 Å². The maximum Gasteiger partial charge on any atom is 0.322 e. The third-order valence-electron chi connectivity index (χ3n) is 5.43. The average Bonchev–Trinajstić information content (AvgIpc) is 3.33. The number of aromatic nitrogens is 1. The molecule has 6 nitrogen and oxygen atoms in total. The molecule has 0 saturated carbocycles. The van der Waals surface area contributed by atoms with E-state index in [4.69, 9.17) is 4.74 Å². The minimum atomic E-state index is 0.00696. The molecule has 1 atom stereocenters. The van der Waals surface area contributed by atoms with Gasteiger partial charge >= 0.3 is 6.03 Å².